The molecule has 1 saturated heterocycles. The molecular weight excluding hydrogens is 487 g/mol. The standard InChI is InChI=1S/C23H14Cl2N2O3S2/c1-11-9-17-15(10-14(11)25)26-23(32-17)27-19(16-3-2-8-31-16)18(21(29)22(27)30)20(28)12-4-6-13(24)7-5-12/h2-10,19,28H,1H3/b20-18+. The van der Waals surface area contributed by atoms with Crippen LogP contribution in [0, 0.1) is 6.92 Å². The van der Waals surface area contributed by atoms with E-state index >= 15 is 0 Å². The highest BCUT2D eigenvalue weighted by atomic mass is 35.5. The Hall–Kier alpha value is -2.71. The van der Waals surface area contributed by atoms with Crippen LogP contribution < -0.4 is 4.90 Å². The molecule has 1 atom stereocenters. The van der Waals surface area contributed by atoms with Crippen molar-refractivity contribution in [3.63, 3.8) is 0 Å². The maximum absolute atomic E-state index is 13.2. The van der Waals surface area contributed by atoms with Crippen molar-refractivity contribution in [2.24, 2.45) is 0 Å². The number of aliphatic hydroxyl groups is 1. The number of hydrogen-bond acceptors (Lipinski definition) is 6. The third-order valence-corrected chi connectivity index (χ3v) is 7.84. The fourth-order valence-electron chi connectivity index (χ4n) is 3.65. The number of aromatic nitrogens is 1. The van der Waals surface area contributed by atoms with E-state index in [0.717, 1.165) is 15.1 Å². The van der Waals surface area contributed by atoms with E-state index in [1.807, 2.05) is 30.5 Å². The molecule has 1 N–H and O–H groups in total. The van der Waals surface area contributed by atoms with E-state index in [9.17, 15) is 14.7 Å². The van der Waals surface area contributed by atoms with Gasteiger partial charge < -0.3 is 5.11 Å². The third kappa shape index (κ3) is 3.42. The lowest BCUT2D eigenvalue weighted by molar-refractivity contribution is -0.132. The number of ketones is 1. The molecule has 0 radical (unpaired) electrons. The highest BCUT2D eigenvalue weighted by molar-refractivity contribution is 7.22. The first-order chi connectivity index (χ1) is 15.3. The topological polar surface area (TPSA) is 70.5 Å². The molecule has 1 amide bonds. The molecule has 32 heavy (non-hydrogen) atoms. The van der Waals surface area contributed by atoms with Crippen molar-refractivity contribution in [2.75, 3.05) is 4.90 Å². The first-order valence-corrected chi connectivity index (χ1v) is 12.0. The predicted octanol–water partition coefficient (Wildman–Crippen LogP) is 6.60. The maximum atomic E-state index is 13.2. The number of anilines is 1. The molecule has 160 valence electrons. The van der Waals surface area contributed by atoms with Crippen LogP contribution in [0.5, 0.6) is 0 Å². The Labute approximate surface area is 201 Å². The minimum Gasteiger partial charge on any atom is -0.507 e. The number of fused-ring (bicyclic) bond motifs is 1. The molecule has 0 bridgehead atoms. The summed E-state index contributed by atoms with van der Waals surface area (Å²) in [5, 5.41) is 14.4. The summed E-state index contributed by atoms with van der Waals surface area (Å²) in [4.78, 5) is 33.0. The minimum absolute atomic E-state index is 0.0215. The second-order valence-corrected chi connectivity index (χ2v) is 10.1. The summed E-state index contributed by atoms with van der Waals surface area (Å²) in [6.45, 7) is 1.89. The van der Waals surface area contributed by atoms with E-state index in [-0.39, 0.29) is 11.3 Å². The maximum Gasteiger partial charge on any atom is 0.301 e. The van der Waals surface area contributed by atoms with E-state index in [2.05, 4.69) is 4.98 Å². The van der Waals surface area contributed by atoms with Gasteiger partial charge in [-0.3, -0.25) is 14.5 Å². The third-order valence-electron chi connectivity index (χ3n) is 5.24. The zero-order valence-electron chi connectivity index (χ0n) is 16.5. The van der Waals surface area contributed by atoms with Gasteiger partial charge in [-0.2, -0.15) is 0 Å². The van der Waals surface area contributed by atoms with E-state index in [4.69, 9.17) is 23.2 Å². The zero-order valence-corrected chi connectivity index (χ0v) is 19.6. The zero-order chi connectivity index (χ0) is 22.6. The summed E-state index contributed by atoms with van der Waals surface area (Å²) in [6, 6.07) is 13.0. The summed E-state index contributed by atoms with van der Waals surface area (Å²) >= 11 is 14.9. The SMILES string of the molecule is Cc1cc2sc(N3C(=O)C(=O)/C(=C(/O)c4ccc(Cl)cc4)C3c3cccs3)nc2cc1Cl. The monoisotopic (exact) mass is 500 g/mol. The lowest BCUT2D eigenvalue weighted by Crippen LogP contribution is -2.28. The molecule has 1 aliphatic rings. The number of carbonyl (C=O) groups excluding carboxylic acids is 2. The van der Waals surface area contributed by atoms with Gasteiger partial charge in [0.1, 0.15) is 11.8 Å². The lowest BCUT2D eigenvalue weighted by Gasteiger charge is -2.21. The molecule has 5 rings (SSSR count). The predicted molar refractivity (Wildman–Crippen MR) is 130 cm³/mol. The Morgan fingerprint density at radius 2 is 1.88 bits per heavy atom. The smallest absolute Gasteiger partial charge is 0.301 e. The number of aryl methyl sites for hydroxylation is 1. The second kappa shape index (κ2) is 8.01. The highest BCUT2D eigenvalue weighted by Gasteiger charge is 2.48. The average Bonchev–Trinajstić information content (AvgIpc) is 3.48. The summed E-state index contributed by atoms with van der Waals surface area (Å²) in [7, 11) is 0. The molecule has 1 unspecified atom stereocenters. The first-order valence-electron chi connectivity index (χ1n) is 9.52. The number of thiazole rings is 1. The molecule has 3 heterocycles. The summed E-state index contributed by atoms with van der Waals surface area (Å²) < 4.78 is 0.853. The molecule has 0 aliphatic carbocycles. The van der Waals surface area contributed by atoms with E-state index < -0.39 is 17.7 Å². The molecule has 0 saturated carbocycles. The number of Topliss-reactive ketones (excluding diaryl/α,β-unsaturated/α-hetero) is 1. The van der Waals surface area contributed by atoms with Crippen LogP contribution in [-0.4, -0.2) is 21.8 Å². The lowest BCUT2D eigenvalue weighted by atomic mass is 10.00. The van der Waals surface area contributed by atoms with Gasteiger partial charge in [-0.1, -0.05) is 40.6 Å². The van der Waals surface area contributed by atoms with Gasteiger partial charge in [0.05, 0.1) is 15.8 Å². The van der Waals surface area contributed by atoms with Crippen LogP contribution in [0.15, 0.2) is 59.5 Å². The van der Waals surface area contributed by atoms with Crippen LogP contribution in [0.2, 0.25) is 10.0 Å². The Bertz CT molecular complexity index is 1370. The number of carbonyl (C=O) groups is 2. The van der Waals surface area contributed by atoms with Crippen molar-refractivity contribution in [1.82, 2.24) is 4.98 Å². The Balaban J connectivity index is 1.71. The summed E-state index contributed by atoms with van der Waals surface area (Å²) in [6.07, 6.45) is 0. The van der Waals surface area contributed by atoms with Crippen molar-refractivity contribution < 1.29 is 14.7 Å². The van der Waals surface area contributed by atoms with Crippen LogP contribution in [0.25, 0.3) is 16.0 Å². The van der Waals surface area contributed by atoms with Gasteiger partial charge in [-0.05, 0) is 60.3 Å². The number of halogens is 2. The average molecular weight is 501 g/mol. The normalized spacial score (nSPS) is 18.1. The van der Waals surface area contributed by atoms with Gasteiger partial charge in [-0.25, -0.2) is 4.98 Å². The number of amides is 1. The summed E-state index contributed by atoms with van der Waals surface area (Å²) in [5.41, 5.74) is 1.97. The Kier molecular flexibility index (Phi) is 5.29. The molecule has 1 aliphatic heterocycles. The van der Waals surface area contributed by atoms with Gasteiger partial charge in [0.25, 0.3) is 5.78 Å². The molecule has 2 aromatic carbocycles. The molecule has 2 aromatic heterocycles. The molecule has 9 heteroatoms. The molecular formula is C23H14Cl2N2O3S2. The number of thiophene rings is 1. The van der Waals surface area contributed by atoms with E-state index in [1.165, 1.54) is 27.6 Å². The Morgan fingerprint density at radius 3 is 2.56 bits per heavy atom. The van der Waals surface area contributed by atoms with Gasteiger partial charge in [0, 0.05) is 20.5 Å². The Morgan fingerprint density at radius 1 is 1.12 bits per heavy atom. The van der Waals surface area contributed by atoms with Gasteiger partial charge >= 0.3 is 5.91 Å². The van der Waals surface area contributed by atoms with Crippen molar-refractivity contribution in [3.8, 4) is 0 Å². The highest BCUT2D eigenvalue weighted by Crippen LogP contribution is 2.45. The van der Waals surface area contributed by atoms with Crippen LogP contribution >= 0.6 is 45.9 Å². The fourth-order valence-corrected chi connectivity index (χ4v) is 5.83. The number of aliphatic hydroxyl groups excluding tert-OH is 1. The van der Waals surface area contributed by atoms with E-state index in [1.54, 1.807) is 30.3 Å². The van der Waals surface area contributed by atoms with Crippen molar-refractivity contribution >= 4 is 78.7 Å². The van der Waals surface area contributed by atoms with Crippen molar-refractivity contribution in [1.29, 1.82) is 0 Å². The quantitative estimate of drug-likeness (QED) is 0.195. The van der Waals surface area contributed by atoms with Crippen LogP contribution in [0.4, 0.5) is 5.13 Å². The van der Waals surface area contributed by atoms with Crippen molar-refractivity contribution in [3.05, 3.63) is 85.5 Å². The minimum atomic E-state index is -0.789. The fraction of sp³-hybridized carbons (Fsp3) is 0.0870. The van der Waals surface area contributed by atoms with E-state index in [0.29, 0.717) is 26.3 Å². The van der Waals surface area contributed by atoms with Gasteiger partial charge in [-0.15, -0.1) is 11.3 Å². The molecule has 5 nitrogen and oxygen atoms in total. The van der Waals surface area contributed by atoms with Crippen LogP contribution in [0.3, 0.4) is 0 Å². The largest absolute Gasteiger partial charge is 0.507 e. The summed E-state index contributed by atoms with van der Waals surface area (Å²) in [5.74, 6) is -1.74. The number of benzene rings is 2. The van der Waals surface area contributed by atoms with Crippen LogP contribution in [0.1, 0.15) is 22.0 Å². The van der Waals surface area contributed by atoms with Gasteiger partial charge in [0.2, 0.25) is 0 Å². The van der Waals surface area contributed by atoms with Crippen molar-refractivity contribution in [2.45, 2.75) is 13.0 Å². The molecule has 0 spiro atoms. The van der Waals surface area contributed by atoms with Crippen LogP contribution in [-0.2, 0) is 9.59 Å². The number of hydrogen-bond donors (Lipinski definition) is 1. The first kappa shape index (κ1) is 21.2. The van der Waals surface area contributed by atoms with Gasteiger partial charge in [0.15, 0.2) is 5.13 Å². The second-order valence-electron chi connectivity index (χ2n) is 7.26. The number of rotatable bonds is 3. The number of nitrogens with zero attached hydrogens (tertiary/aromatic N) is 2. The molecule has 1 fully saturated rings. The molecule has 4 aromatic rings.